The van der Waals surface area contributed by atoms with Crippen molar-refractivity contribution in [2.45, 2.75) is 5.88 Å². The van der Waals surface area contributed by atoms with Crippen LogP contribution in [0.1, 0.15) is 10.4 Å². The molecule has 0 aliphatic heterocycles. The minimum absolute atomic E-state index is 0.137. The number of hydrogen-bond donors (Lipinski definition) is 2. The predicted molar refractivity (Wildman–Crippen MR) is 59.2 cm³/mol. The maximum Gasteiger partial charge on any atom is 0.336 e. The van der Waals surface area contributed by atoms with Crippen LogP contribution in [0.25, 0.3) is 10.9 Å². The van der Waals surface area contributed by atoms with Crippen LogP contribution in [-0.4, -0.2) is 24.1 Å². The molecule has 5 nitrogen and oxygen atoms in total. The summed E-state index contributed by atoms with van der Waals surface area (Å²) in [5.41, 5.74) is 0.788. The van der Waals surface area contributed by atoms with E-state index < -0.39 is 16.7 Å². The molecule has 6 heteroatoms. The second-order valence-corrected chi connectivity index (χ2v) is 4.25. The molecule has 0 saturated carbocycles. The molecule has 1 aromatic carbocycles. The molecule has 0 atom stereocenters. The number of rotatable bonds is 3. The Morgan fingerprint density at radius 2 is 2.06 bits per heavy atom. The zero-order valence-corrected chi connectivity index (χ0v) is 9.05. The van der Waals surface area contributed by atoms with Gasteiger partial charge in [-0.25, -0.2) is 13.2 Å². The molecule has 1 heterocycles. The molecular formula is C10H9NO4S. The molecule has 0 aliphatic rings. The Morgan fingerprint density at radius 1 is 1.31 bits per heavy atom. The molecule has 2 rings (SSSR count). The van der Waals surface area contributed by atoms with E-state index >= 15 is 0 Å². The lowest BCUT2D eigenvalue weighted by molar-refractivity contribution is 0.0699. The van der Waals surface area contributed by atoms with E-state index in [1.807, 2.05) is 0 Å². The Bertz CT molecular complexity index is 619. The van der Waals surface area contributed by atoms with Gasteiger partial charge in [0.25, 0.3) is 0 Å². The Labute approximate surface area is 92.9 Å². The summed E-state index contributed by atoms with van der Waals surface area (Å²) in [6, 6.07) is 6.39. The van der Waals surface area contributed by atoms with Crippen molar-refractivity contribution >= 4 is 27.6 Å². The standard InChI is InChI=1S/C10H9NO4S/c12-10(13)8-2-1-3-9-7(8)4-5-11(9)6-16(14)15/h1-5,16H,6H2,(H,12,13). The highest BCUT2D eigenvalue weighted by molar-refractivity contribution is 7.71. The summed E-state index contributed by atoms with van der Waals surface area (Å²) in [7, 11) is -2.53. The average Bonchev–Trinajstić information content (AvgIpc) is 2.60. The van der Waals surface area contributed by atoms with Crippen LogP contribution < -0.4 is 0 Å². The quantitative estimate of drug-likeness (QED) is 0.780. The molecule has 0 bridgehead atoms. The lowest BCUT2D eigenvalue weighted by Crippen LogP contribution is -1.99. The lowest BCUT2D eigenvalue weighted by Gasteiger charge is -2.01. The fraction of sp³-hybridized carbons (Fsp3) is 0.100. The maximum absolute atomic E-state index is 10.9. The van der Waals surface area contributed by atoms with Crippen molar-refractivity contribution in [3.05, 3.63) is 36.0 Å². The van der Waals surface area contributed by atoms with Crippen LogP contribution in [0.15, 0.2) is 30.5 Å². The third-order valence-corrected chi connectivity index (χ3v) is 2.85. The minimum Gasteiger partial charge on any atom is -0.478 e. The fourth-order valence-corrected chi connectivity index (χ4v) is 2.15. The van der Waals surface area contributed by atoms with Gasteiger partial charge in [-0.1, -0.05) is 6.07 Å². The minimum atomic E-state index is -2.53. The van der Waals surface area contributed by atoms with E-state index in [0.717, 1.165) is 0 Å². The predicted octanol–water partition coefficient (Wildman–Crippen LogP) is 0.908. The molecule has 0 aliphatic carbocycles. The van der Waals surface area contributed by atoms with Gasteiger partial charge in [0.15, 0.2) is 10.7 Å². The molecule has 0 unspecified atom stereocenters. The molecule has 1 N–H and O–H groups in total. The lowest BCUT2D eigenvalue weighted by atomic mass is 10.1. The number of fused-ring (bicyclic) bond motifs is 1. The number of carbonyl (C=O) groups is 1. The first kappa shape index (κ1) is 10.7. The smallest absolute Gasteiger partial charge is 0.336 e. The highest BCUT2D eigenvalue weighted by atomic mass is 32.2. The van der Waals surface area contributed by atoms with E-state index in [1.165, 1.54) is 10.6 Å². The third kappa shape index (κ3) is 1.79. The van der Waals surface area contributed by atoms with Crippen LogP contribution in [0.3, 0.4) is 0 Å². The first-order valence-electron chi connectivity index (χ1n) is 4.52. The third-order valence-electron chi connectivity index (χ3n) is 2.31. The van der Waals surface area contributed by atoms with Crippen molar-refractivity contribution in [3.63, 3.8) is 0 Å². The number of carboxylic acids is 1. The zero-order chi connectivity index (χ0) is 11.7. The van der Waals surface area contributed by atoms with E-state index in [1.54, 1.807) is 24.4 Å². The van der Waals surface area contributed by atoms with Gasteiger partial charge in [-0.15, -0.1) is 0 Å². The molecule has 2 aromatic rings. The van der Waals surface area contributed by atoms with Gasteiger partial charge in [-0.05, 0) is 18.2 Å². The second kappa shape index (κ2) is 3.97. The second-order valence-electron chi connectivity index (χ2n) is 3.30. The number of hydrogen-bond acceptors (Lipinski definition) is 3. The van der Waals surface area contributed by atoms with Gasteiger partial charge in [0.05, 0.1) is 5.56 Å². The van der Waals surface area contributed by atoms with Crippen LogP contribution in [0.5, 0.6) is 0 Å². The number of thiol groups is 1. The van der Waals surface area contributed by atoms with Crippen LogP contribution in [0.2, 0.25) is 0 Å². The number of carboxylic acid groups (broad SMARTS) is 1. The summed E-state index contributed by atoms with van der Waals surface area (Å²) in [5.74, 6) is -1.16. The van der Waals surface area contributed by atoms with Crippen LogP contribution in [0.4, 0.5) is 0 Å². The van der Waals surface area contributed by atoms with E-state index in [2.05, 4.69) is 0 Å². The highest BCUT2D eigenvalue weighted by Crippen LogP contribution is 2.20. The van der Waals surface area contributed by atoms with E-state index in [-0.39, 0.29) is 11.4 Å². The summed E-state index contributed by atoms with van der Waals surface area (Å²) < 4.78 is 22.8. The monoisotopic (exact) mass is 239 g/mol. The summed E-state index contributed by atoms with van der Waals surface area (Å²) >= 11 is 0. The van der Waals surface area contributed by atoms with Gasteiger partial charge in [0.1, 0.15) is 5.88 Å². The Balaban J connectivity index is 2.65. The molecular weight excluding hydrogens is 230 g/mol. The van der Waals surface area contributed by atoms with Crippen molar-refractivity contribution in [1.29, 1.82) is 0 Å². The Kier molecular flexibility index (Phi) is 2.66. The first-order chi connectivity index (χ1) is 7.59. The van der Waals surface area contributed by atoms with Gasteiger partial charge in [-0.2, -0.15) is 0 Å². The van der Waals surface area contributed by atoms with E-state index in [9.17, 15) is 13.2 Å². The van der Waals surface area contributed by atoms with Gasteiger partial charge < -0.3 is 9.67 Å². The van der Waals surface area contributed by atoms with Gasteiger partial charge >= 0.3 is 5.97 Å². The Morgan fingerprint density at radius 3 is 2.69 bits per heavy atom. The van der Waals surface area contributed by atoms with Crippen molar-refractivity contribution in [3.8, 4) is 0 Å². The highest BCUT2D eigenvalue weighted by Gasteiger charge is 2.10. The van der Waals surface area contributed by atoms with Gasteiger partial charge in [-0.3, -0.25) is 0 Å². The van der Waals surface area contributed by atoms with Crippen LogP contribution in [0, 0.1) is 0 Å². The van der Waals surface area contributed by atoms with Crippen molar-refractivity contribution in [2.75, 3.05) is 0 Å². The topological polar surface area (TPSA) is 76.4 Å². The number of benzene rings is 1. The number of nitrogens with zero attached hydrogens (tertiary/aromatic N) is 1. The fourth-order valence-electron chi connectivity index (χ4n) is 1.66. The van der Waals surface area contributed by atoms with E-state index in [0.29, 0.717) is 10.9 Å². The summed E-state index contributed by atoms with van der Waals surface area (Å²) in [6.07, 6.45) is 1.57. The summed E-state index contributed by atoms with van der Waals surface area (Å²) in [5, 5.41) is 9.49. The molecule has 0 amide bonds. The SMILES string of the molecule is O=C(O)c1cccc2c1ccn2C[SH](=O)=O. The summed E-state index contributed by atoms with van der Waals surface area (Å²) in [4.78, 5) is 10.9. The number of aromatic nitrogens is 1. The normalized spacial score (nSPS) is 11.1. The molecule has 84 valence electrons. The number of aromatic carboxylic acids is 1. The van der Waals surface area contributed by atoms with Crippen LogP contribution >= 0.6 is 0 Å². The molecule has 0 radical (unpaired) electrons. The largest absolute Gasteiger partial charge is 0.478 e. The summed E-state index contributed by atoms with van der Waals surface area (Å²) in [6.45, 7) is 0. The molecule has 0 fully saturated rings. The average molecular weight is 239 g/mol. The van der Waals surface area contributed by atoms with Crippen molar-refractivity contribution in [1.82, 2.24) is 4.57 Å². The van der Waals surface area contributed by atoms with Crippen molar-refractivity contribution < 1.29 is 18.3 Å². The van der Waals surface area contributed by atoms with E-state index in [4.69, 9.17) is 5.11 Å². The van der Waals surface area contributed by atoms with Crippen molar-refractivity contribution in [2.24, 2.45) is 0 Å². The Hall–Kier alpha value is -1.82. The molecule has 16 heavy (non-hydrogen) atoms. The molecule has 1 aromatic heterocycles. The van der Waals surface area contributed by atoms with Crippen LogP contribution in [-0.2, 0) is 16.6 Å². The molecule has 0 saturated heterocycles. The van der Waals surface area contributed by atoms with Gasteiger partial charge in [0.2, 0.25) is 0 Å². The zero-order valence-electron chi connectivity index (χ0n) is 8.16. The van der Waals surface area contributed by atoms with Gasteiger partial charge in [0, 0.05) is 17.1 Å². The maximum atomic E-state index is 10.9. The first-order valence-corrected chi connectivity index (χ1v) is 5.89. The molecule has 0 spiro atoms.